The van der Waals surface area contributed by atoms with E-state index in [2.05, 4.69) is 20.1 Å². The normalized spacial score (nSPS) is 12.0. The standard InChI is InChI=1S/C19H16F4N6/c1-2-4-12-9-17-26-15(19(21,22)23)11-29(17)27-14(12)10-28-8-7-24-18(28)13-5-3-6-16(20)25-13/h3,5-9,11H,2,4,10H2,1H3. The highest BCUT2D eigenvalue weighted by molar-refractivity contribution is 5.50. The molecule has 0 aliphatic heterocycles. The number of nitrogens with zero attached hydrogens (tertiary/aromatic N) is 6. The second kappa shape index (κ2) is 7.26. The first-order valence-corrected chi connectivity index (χ1v) is 8.94. The highest BCUT2D eigenvalue weighted by atomic mass is 19.4. The smallest absolute Gasteiger partial charge is 0.324 e. The lowest BCUT2D eigenvalue weighted by molar-refractivity contribution is -0.140. The van der Waals surface area contributed by atoms with E-state index in [0.29, 0.717) is 23.6 Å². The number of alkyl halides is 3. The van der Waals surface area contributed by atoms with Gasteiger partial charge in [-0.15, -0.1) is 0 Å². The minimum absolute atomic E-state index is 0.141. The van der Waals surface area contributed by atoms with E-state index >= 15 is 0 Å². The van der Waals surface area contributed by atoms with Crippen molar-refractivity contribution in [2.24, 2.45) is 0 Å². The Morgan fingerprint density at radius 2 is 1.97 bits per heavy atom. The van der Waals surface area contributed by atoms with E-state index in [9.17, 15) is 17.6 Å². The molecule has 29 heavy (non-hydrogen) atoms. The summed E-state index contributed by atoms with van der Waals surface area (Å²) in [5.74, 6) is -0.184. The number of fused-ring (bicyclic) bond motifs is 1. The summed E-state index contributed by atoms with van der Waals surface area (Å²) in [7, 11) is 0. The van der Waals surface area contributed by atoms with Crippen LogP contribution in [0.5, 0.6) is 0 Å². The number of aromatic nitrogens is 6. The van der Waals surface area contributed by atoms with Crippen molar-refractivity contribution >= 4 is 5.65 Å². The molecule has 150 valence electrons. The van der Waals surface area contributed by atoms with Crippen molar-refractivity contribution in [2.45, 2.75) is 32.5 Å². The highest BCUT2D eigenvalue weighted by Gasteiger charge is 2.34. The van der Waals surface area contributed by atoms with Gasteiger partial charge in [-0.3, -0.25) is 0 Å². The fourth-order valence-electron chi connectivity index (χ4n) is 3.12. The monoisotopic (exact) mass is 404 g/mol. The Morgan fingerprint density at radius 3 is 2.69 bits per heavy atom. The Bertz CT molecular complexity index is 1160. The first-order chi connectivity index (χ1) is 13.8. The maximum Gasteiger partial charge on any atom is 0.434 e. The lowest BCUT2D eigenvalue weighted by Crippen LogP contribution is -2.10. The number of halogens is 4. The van der Waals surface area contributed by atoms with Crippen LogP contribution in [-0.4, -0.2) is 29.1 Å². The Kier molecular flexibility index (Phi) is 4.77. The van der Waals surface area contributed by atoms with Crippen LogP contribution in [0, 0.1) is 5.95 Å². The van der Waals surface area contributed by atoms with Gasteiger partial charge in [-0.05, 0) is 30.2 Å². The molecule has 10 heteroatoms. The summed E-state index contributed by atoms with van der Waals surface area (Å²) in [5.41, 5.74) is 0.890. The van der Waals surface area contributed by atoms with Gasteiger partial charge in [-0.25, -0.2) is 19.5 Å². The van der Waals surface area contributed by atoms with Crippen molar-refractivity contribution in [2.75, 3.05) is 0 Å². The molecule has 0 aliphatic rings. The first-order valence-electron chi connectivity index (χ1n) is 8.94. The summed E-state index contributed by atoms with van der Waals surface area (Å²) >= 11 is 0. The molecule has 0 aromatic carbocycles. The number of pyridine rings is 1. The molecule has 6 nitrogen and oxygen atoms in total. The summed E-state index contributed by atoms with van der Waals surface area (Å²) in [6.07, 6.45) is 1.00. The zero-order valence-electron chi connectivity index (χ0n) is 15.4. The van der Waals surface area contributed by atoms with Gasteiger partial charge in [-0.2, -0.15) is 22.7 Å². The average molecular weight is 404 g/mol. The summed E-state index contributed by atoms with van der Waals surface area (Å²) in [5, 5.41) is 4.37. The van der Waals surface area contributed by atoms with Gasteiger partial charge in [-0.1, -0.05) is 19.4 Å². The number of imidazole rings is 2. The molecule has 0 aliphatic carbocycles. The molecule has 0 fully saturated rings. The molecule has 0 spiro atoms. The molecule has 0 bridgehead atoms. The van der Waals surface area contributed by atoms with Crippen LogP contribution >= 0.6 is 0 Å². The Labute approximate surface area is 162 Å². The van der Waals surface area contributed by atoms with Gasteiger partial charge < -0.3 is 4.57 Å². The molecule has 0 unspecified atom stereocenters. The van der Waals surface area contributed by atoms with Crippen molar-refractivity contribution in [1.29, 1.82) is 0 Å². The zero-order valence-corrected chi connectivity index (χ0v) is 15.4. The van der Waals surface area contributed by atoms with E-state index < -0.39 is 17.8 Å². The molecule has 4 aromatic rings. The summed E-state index contributed by atoms with van der Waals surface area (Å²) in [4.78, 5) is 11.7. The van der Waals surface area contributed by atoms with Crippen LogP contribution in [0.1, 0.15) is 30.3 Å². The lowest BCUT2D eigenvalue weighted by Gasteiger charge is -2.11. The van der Waals surface area contributed by atoms with Crippen LogP contribution in [0.3, 0.4) is 0 Å². The molecule has 4 rings (SSSR count). The van der Waals surface area contributed by atoms with Gasteiger partial charge in [0.2, 0.25) is 5.95 Å². The van der Waals surface area contributed by atoms with Crippen molar-refractivity contribution in [1.82, 2.24) is 29.1 Å². The van der Waals surface area contributed by atoms with Gasteiger partial charge >= 0.3 is 6.18 Å². The Morgan fingerprint density at radius 1 is 1.14 bits per heavy atom. The van der Waals surface area contributed by atoms with Crippen LogP contribution in [0.4, 0.5) is 17.6 Å². The third-order valence-electron chi connectivity index (χ3n) is 4.41. The maximum atomic E-state index is 13.5. The van der Waals surface area contributed by atoms with E-state index in [1.807, 2.05) is 6.92 Å². The number of aryl methyl sites for hydroxylation is 1. The van der Waals surface area contributed by atoms with Gasteiger partial charge in [0, 0.05) is 12.4 Å². The number of hydrogen-bond donors (Lipinski definition) is 0. The van der Waals surface area contributed by atoms with Gasteiger partial charge in [0.25, 0.3) is 0 Å². The minimum Gasteiger partial charge on any atom is -0.324 e. The lowest BCUT2D eigenvalue weighted by atomic mass is 10.1. The Hall–Kier alpha value is -3.30. The van der Waals surface area contributed by atoms with Crippen LogP contribution in [-0.2, 0) is 19.1 Å². The molecule has 0 saturated carbocycles. The molecular weight excluding hydrogens is 388 g/mol. The third-order valence-corrected chi connectivity index (χ3v) is 4.41. The fraction of sp³-hybridized carbons (Fsp3) is 0.263. The van der Waals surface area contributed by atoms with E-state index in [-0.39, 0.29) is 12.2 Å². The van der Waals surface area contributed by atoms with Crippen LogP contribution < -0.4 is 0 Å². The quantitative estimate of drug-likeness (QED) is 0.370. The molecule has 0 N–H and O–H groups in total. The third kappa shape index (κ3) is 3.82. The summed E-state index contributed by atoms with van der Waals surface area (Å²) < 4.78 is 55.4. The predicted octanol–water partition coefficient (Wildman–Crippen LogP) is 4.15. The zero-order chi connectivity index (χ0) is 20.6. The molecule has 4 heterocycles. The summed E-state index contributed by atoms with van der Waals surface area (Å²) in [6.45, 7) is 2.22. The molecule has 0 amide bonds. The molecule has 0 radical (unpaired) electrons. The largest absolute Gasteiger partial charge is 0.434 e. The Balaban J connectivity index is 1.76. The second-order valence-electron chi connectivity index (χ2n) is 6.52. The fourth-order valence-corrected chi connectivity index (χ4v) is 3.12. The van der Waals surface area contributed by atoms with Crippen LogP contribution in [0.2, 0.25) is 0 Å². The molecule has 0 atom stereocenters. The van der Waals surface area contributed by atoms with Crippen LogP contribution in [0.15, 0.2) is 42.9 Å². The topological polar surface area (TPSA) is 60.9 Å². The molecule has 0 saturated heterocycles. The van der Waals surface area contributed by atoms with Gasteiger partial charge in [0.05, 0.1) is 18.4 Å². The number of rotatable bonds is 5. The maximum absolute atomic E-state index is 13.5. The van der Waals surface area contributed by atoms with E-state index in [4.69, 9.17) is 0 Å². The average Bonchev–Trinajstić information content (AvgIpc) is 3.28. The first kappa shape index (κ1) is 19.0. The van der Waals surface area contributed by atoms with Crippen molar-refractivity contribution in [3.63, 3.8) is 0 Å². The van der Waals surface area contributed by atoms with E-state index in [1.165, 1.54) is 12.1 Å². The van der Waals surface area contributed by atoms with Gasteiger partial charge in [0.1, 0.15) is 5.69 Å². The van der Waals surface area contributed by atoms with Crippen molar-refractivity contribution in [3.05, 3.63) is 65.8 Å². The van der Waals surface area contributed by atoms with Crippen molar-refractivity contribution < 1.29 is 17.6 Å². The number of hydrogen-bond acceptors (Lipinski definition) is 4. The highest BCUT2D eigenvalue weighted by Crippen LogP contribution is 2.29. The van der Waals surface area contributed by atoms with Gasteiger partial charge in [0.15, 0.2) is 17.2 Å². The van der Waals surface area contributed by atoms with Crippen molar-refractivity contribution in [3.8, 4) is 11.5 Å². The van der Waals surface area contributed by atoms with E-state index in [0.717, 1.165) is 22.7 Å². The minimum atomic E-state index is -4.54. The predicted molar refractivity (Wildman–Crippen MR) is 96.5 cm³/mol. The SMILES string of the molecule is CCCc1cc2nc(C(F)(F)F)cn2nc1Cn1ccnc1-c1cccc(F)n1. The summed E-state index contributed by atoms with van der Waals surface area (Å²) in [6, 6.07) is 6.03. The van der Waals surface area contributed by atoms with Crippen LogP contribution in [0.25, 0.3) is 17.2 Å². The molecule has 4 aromatic heterocycles. The second-order valence-corrected chi connectivity index (χ2v) is 6.52. The molecular formula is C19H16F4N6. The van der Waals surface area contributed by atoms with E-state index in [1.54, 1.807) is 29.1 Å².